The third kappa shape index (κ3) is 9.43. The molecule has 0 spiro atoms. The summed E-state index contributed by atoms with van der Waals surface area (Å²) < 4.78 is 13.5. The van der Waals surface area contributed by atoms with Gasteiger partial charge in [-0.1, -0.05) is 36.5 Å². The van der Waals surface area contributed by atoms with E-state index >= 15 is 0 Å². The maximum Gasteiger partial charge on any atom is 0.0962 e. The van der Waals surface area contributed by atoms with Gasteiger partial charge in [0.25, 0.3) is 0 Å². The minimum absolute atomic E-state index is 0.0663. The second-order valence-corrected chi connectivity index (χ2v) is 4.81. The van der Waals surface area contributed by atoms with Crippen LogP contribution in [0.3, 0.4) is 0 Å². The summed E-state index contributed by atoms with van der Waals surface area (Å²) in [6.07, 6.45) is 10.9. The second kappa shape index (κ2) is 10.7. The zero-order valence-electron chi connectivity index (χ0n) is 12.5. The normalized spacial score (nSPS) is 15.0. The minimum atomic E-state index is -0.537. The van der Waals surface area contributed by atoms with Crippen LogP contribution in [0.2, 0.25) is 0 Å². The molecule has 0 aromatic carbocycles. The summed E-state index contributed by atoms with van der Waals surface area (Å²) in [4.78, 5) is 0. The molecule has 1 atom stereocenters. The van der Waals surface area contributed by atoms with Crippen molar-refractivity contribution in [3.05, 3.63) is 47.9 Å². The monoisotopic (exact) mass is 266 g/mol. The summed E-state index contributed by atoms with van der Waals surface area (Å²) in [6.45, 7) is 9.36. The van der Waals surface area contributed by atoms with Crippen LogP contribution in [0.5, 0.6) is 0 Å². The number of aliphatic hydroxyl groups excluding tert-OH is 1. The molecule has 0 rings (SSSR count). The van der Waals surface area contributed by atoms with Gasteiger partial charge in [0.05, 0.1) is 11.9 Å². The van der Waals surface area contributed by atoms with Crippen LogP contribution in [0.25, 0.3) is 0 Å². The molecule has 0 heterocycles. The summed E-state index contributed by atoms with van der Waals surface area (Å²) in [7, 11) is 0. The topological polar surface area (TPSA) is 20.2 Å². The number of rotatable bonds is 9. The van der Waals surface area contributed by atoms with Crippen LogP contribution in [0.1, 0.15) is 52.9 Å². The van der Waals surface area contributed by atoms with E-state index in [2.05, 4.69) is 12.7 Å². The fraction of sp³-hybridized carbons (Fsp3) is 0.529. The molecule has 0 saturated carbocycles. The van der Waals surface area contributed by atoms with Gasteiger partial charge >= 0.3 is 0 Å². The van der Waals surface area contributed by atoms with Gasteiger partial charge in [0.15, 0.2) is 0 Å². The molecule has 0 saturated heterocycles. The maximum atomic E-state index is 13.5. The highest BCUT2D eigenvalue weighted by Crippen LogP contribution is 2.16. The first-order chi connectivity index (χ1) is 8.99. The summed E-state index contributed by atoms with van der Waals surface area (Å²) >= 11 is 0. The van der Waals surface area contributed by atoms with E-state index in [1.165, 1.54) is 0 Å². The first-order valence-corrected chi connectivity index (χ1v) is 6.98. The molecule has 1 N–H and O–H groups in total. The molecule has 108 valence electrons. The molecular formula is C17H27FO. The van der Waals surface area contributed by atoms with Crippen molar-refractivity contribution >= 4 is 0 Å². The van der Waals surface area contributed by atoms with Crippen LogP contribution >= 0.6 is 0 Å². The van der Waals surface area contributed by atoms with E-state index in [0.29, 0.717) is 12.8 Å². The van der Waals surface area contributed by atoms with Gasteiger partial charge in [-0.25, -0.2) is 4.39 Å². The molecule has 0 bridgehead atoms. The van der Waals surface area contributed by atoms with Crippen LogP contribution in [0, 0.1) is 0 Å². The molecule has 0 aromatic heterocycles. The third-order valence-corrected chi connectivity index (χ3v) is 2.87. The first kappa shape index (κ1) is 17.8. The minimum Gasteiger partial charge on any atom is -0.389 e. The van der Waals surface area contributed by atoms with Gasteiger partial charge in [-0.2, -0.15) is 0 Å². The third-order valence-electron chi connectivity index (χ3n) is 2.87. The fourth-order valence-corrected chi connectivity index (χ4v) is 1.83. The van der Waals surface area contributed by atoms with Gasteiger partial charge < -0.3 is 5.11 Å². The largest absolute Gasteiger partial charge is 0.389 e. The van der Waals surface area contributed by atoms with Crippen molar-refractivity contribution in [2.45, 2.75) is 59.0 Å². The van der Waals surface area contributed by atoms with Crippen LogP contribution < -0.4 is 0 Å². The summed E-state index contributed by atoms with van der Waals surface area (Å²) in [5, 5.41) is 9.53. The Balaban J connectivity index is 4.07. The number of aliphatic hydroxyl groups is 1. The summed E-state index contributed by atoms with van der Waals surface area (Å²) in [5.74, 6) is -0.0663. The van der Waals surface area contributed by atoms with Crippen molar-refractivity contribution in [2.75, 3.05) is 0 Å². The van der Waals surface area contributed by atoms with E-state index in [1.807, 2.05) is 26.0 Å². The van der Waals surface area contributed by atoms with Gasteiger partial charge in [-0.3, -0.25) is 0 Å². The smallest absolute Gasteiger partial charge is 0.0962 e. The van der Waals surface area contributed by atoms with Crippen molar-refractivity contribution in [3.63, 3.8) is 0 Å². The van der Waals surface area contributed by atoms with E-state index in [0.717, 1.165) is 30.4 Å². The van der Waals surface area contributed by atoms with Crippen molar-refractivity contribution in [1.82, 2.24) is 0 Å². The Bertz CT molecular complexity index is 348. The predicted octanol–water partition coefficient (Wildman–Crippen LogP) is 5.25. The van der Waals surface area contributed by atoms with Crippen LogP contribution in [0.15, 0.2) is 47.9 Å². The summed E-state index contributed by atoms with van der Waals surface area (Å²) in [5.41, 5.74) is 1.65. The van der Waals surface area contributed by atoms with Crippen molar-refractivity contribution in [1.29, 1.82) is 0 Å². The van der Waals surface area contributed by atoms with Crippen molar-refractivity contribution < 1.29 is 9.50 Å². The lowest BCUT2D eigenvalue weighted by Gasteiger charge is -2.09. The van der Waals surface area contributed by atoms with E-state index in [4.69, 9.17) is 0 Å². The van der Waals surface area contributed by atoms with Crippen molar-refractivity contribution in [2.24, 2.45) is 0 Å². The zero-order valence-corrected chi connectivity index (χ0v) is 12.5. The molecular weight excluding hydrogens is 239 g/mol. The predicted molar refractivity (Wildman–Crippen MR) is 81.7 cm³/mol. The Labute approximate surface area is 117 Å². The highest BCUT2D eigenvalue weighted by molar-refractivity contribution is 5.29. The SMILES string of the molecule is C=C(C)/C(=C\CC/C(F)=C\CCC/C=C/C)C(C)O. The van der Waals surface area contributed by atoms with E-state index in [9.17, 15) is 9.50 Å². The highest BCUT2D eigenvalue weighted by Gasteiger charge is 2.05. The molecule has 2 heteroatoms. The average Bonchev–Trinajstić information content (AvgIpc) is 2.33. The van der Waals surface area contributed by atoms with Crippen LogP contribution in [0.4, 0.5) is 4.39 Å². The maximum absolute atomic E-state index is 13.5. The van der Waals surface area contributed by atoms with Gasteiger partial charge in [-0.15, -0.1) is 0 Å². The number of unbranched alkanes of at least 4 members (excludes halogenated alkanes) is 2. The quantitative estimate of drug-likeness (QED) is 0.343. The number of halogens is 1. The Morgan fingerprint density at radius 1 is 1.26 bits per heavy atom. The van der Waals surface area contributed by atoms with E-state index in [-0.39, 0.29) is 5.83 Å². The molecule has 0 aliphatic rings. The van der Waals surface area contributed by atoms with Crippen LogP contribution in [-0.2, 0) is 0 Å². The summed E-state index contributed by atoms with van der Waals surface area (Å²) in [6, 6.07) is 0. The highest BCUT2D eigenvalue weighted by atomic mass is 19.1. The van der Waals surface area contributed by atoms with Gasteiger partial charge in [-0.05, 0) is 52.0 Å². The Hall–Kier alpha value is -1.15. The molecule has 0 amide bonds. The standard InChI is InChI=1S/C17H27FO/c1-5-6-7-8-9-11-16(18)12-10-13-17(14(2)3)15(4)19/h5-6,11,13,15,19H,2,7-10,12H2,1,3-4H3/b6-5+,16-11+,17-13+. The lowest BCUT2D eigenvalue weighted by Crippen LogP contribution is -2.05. The Kier molecular flexibility index (Phi) is 10.1. The molecule has 1 nitrogen and oxygen atoms in total. The first-order valence-electron chi connectivity index (χ1n) is 6.98. The molecule has 0 radical (unpaired) electrons. The number of allylic oxidation sites excluding steroid dienone is 5. The zero-order chi connectivity index (χ0) is 14.7. The van der Waals surface area contributed by atoms with Crippen molar-refractivity contribution in [3.8, 4) is 0 Å². The molecule has 0 fully saturated rings. The van der Waals surface area contributed by atoms with Gasteiger partial charge in [0.2, 0.25) is 0 Å². The average molecular weight is 266 g/mol. The van der Waals surface area contributed by atoms with Gasteiger partial charge in [0, 0.05) is 6.42 Å². The lowest BCUT2D eigenvalue weighted by atomic mass is 10.0. The van der Waals surface area contributed by atoms with Gasteiger partial charge in [0.1, 0.15) is 0 Å². The van der Waals surface area contributed by atoms with E-state index in [1.54, 1.807) is 13.0 Å². The fourth-order valence-electron chi connectivity index (χ4n) is 1.83. The Morgan fingerprint density at radius 3 is 2.47 bits per heavy atom. The Morgan fingerprint density at radius 2 is 1.95 bits per heavy atom. The molecule has 0 aliphatic heterocycles. The lowest BCUT2D eigenvalue weighted by molar-refractivity contribution is 0.233. The van der Waals surface area contributed by atoms with E-state index < -0.39 is 6.10 Å². The molecule has 0 aliphatic carbocycles. The molecule has 1 unspecified atom stereocenters. The number of hydrogen-bond acceptors (Lipinski definition) is 1. The molecule has 19 heavy (non-hydrogen) atoms. The number of hydrogen-bond donors (Lipinski definition) is 1. The van der Waals surface area contributed by atoms with Crippen LogP contribution in [-0.4, -0.2) is 11.2 Å². The molecule has 0 aromatic rings. The second-order valence-electron chi connectivity index (χ2n) is 4.81.